The summed E-state index contributed by atoms with van der Waals surface area (Å²) in [6.45, 7) is 1.73. The van der Waals surface area contributed by atoms with Crippen molar-refractivity contribution in [2.45, 2.75) is 50.9 Å². The number of aliphatic carboxylic acids is 1. The van der Waals surface area contributed by atoms with Gasteiger partial charge in [-0.25, -0.2) is 0 Å². The molecule has 2 nitrogen and oxygen atoms in total. The SMILES string of the molecule is C[C@H](C(=O)O)c1ccc(C2CCCCC2)cc1. The number of carboxylic acid groups (broad SMARTS) is 1. The van der Waals surface area contributed by atoms with Crippen molar-refractivity contribution in [1.29, 1.82) is 0 Å². The molecule has 1 aliphatic rings. The van der Waals surface area contributed by atoms with Crippen molar-refractivity contribution >= 4 is 5.97 Å². The first-order valence-corrected chi connectivity index (χ1v) is 6.51. The Kier molecular flexibility index (Phi) is 3.82. The molecule has 92 valence electrons. The highest BCUT2D eigenvalue weighted by atomic mass is 16.4. The Morgan fingerprint density at radius 1 is 1.18 bits per heavy atom. The normalized spacial score (nSPS) is 18.9. The molecule has 1 N–H and O–H groups in total. The van der Waals surface area contributed by atoms with Crippen molar-refractivity contribution in [3.63, 3.8) is 0 Å². The molecule has 1 aromatic rings. The highest BCUT2D eigenvalue weighted by Crippen LogP contribution is 2.33. The smallest absolute Gasteiger partial charge is 0.310 e. The van der Waals surface area contributed by atoms with Gasteiger partial charge in [0.1, 0.15) is 0 Å². The van der Waals surface area contributed by atoms with E-state index in [2.05, 4.69) is 12.1 Å². The van der Waals surface area contributed by atoms with E-state index in [-0.39, 0.29) is 0 Å². The van der Waals surface area contributed by atoms with Crippen LogP contribution in [0.5, 0.6) is 0 Å². The fourth-order valence-electron chi connectivity index (χ4n) is 2.64. The van der Waals surface area contributed by atoms with Crippen LogP contribution in [-0.4, -0.2) is 11.1 Å². The molecule has 2 rings (SSSR count). The number of rotatable bonds is 3. The third kappa shape index (κ3) is 2.87. The molecule has 1 saturated carbocycles. The first-order chi connectivity index (χ1) is 8.18. The number of hydrogen-bond donors (Lipinski definition) is 1. The van der Waals surface area contributed by atoms with Crippen LogP contribution in [0.15, 0.2) is 24.3 Å². The van der Waals surface area contributed by atoms with Crippen molar-refractivity contribution in [2.24, 2.45) is 0 Å². The molecule has 0 heterocycles. The fraction of sp³-hybridized carbons (Fsp3) is 0.533. The first kappa shape index (κ1) is 12.2. The van der Waals surface area contributed by atoms with Crippen molar-refractivity contribution < 1.29 is 9.90 Å². The van der Waals surface area contributed by atoms with Gasteiger partial charge in [0.15, 0.2) is 0 Å². The van der Waals surface area contributed by atoms with E-state index >= 15 is 0 Å². The molecule has 1 atom stereocenters. The van der Waals surface area contributed by atoms with Crippen molar-refractivity contribution in [2.75, 3.05) is 0 Å². The summed E-state index contributed by atoms with van der Waals surface area (Å²) in [7, 11) is 0. The van der Waals surface area contributed by atoms with Gasteiger partial charge in [0.05, 0.1) is 5.92 Å². The zero-order chi connectivity index (χ0) is 12.3. The predicted octanol–water partition coefficient (Wildman–Crippen LogP) is 3.92. The molecule has 0 unspecified atom stereocenters. The molecule has 0 aromatic heterocycles. The zero-order valence-electron chi connectivity index (χ0n) is 10.4. The van der Waals surface area contributed by atoms with E-state index in [9.17, 15) is 4.79 Å². The van der Waals surface area contributed by atoms with E-state index in [4.69, 9.17) is 5.11 Å². The monoisotopic (exact) mass is 232 g/mol. The fourth-order valence-corrected chi connectivity index (χ4v) is 2.64. The van der Waals surface area contributed by atoms with Gasteiger partial charge in [0.25, 0.3) is 0 Å². The summed E-state index contributed by atoms with van der Waals surface area (Å²) in [6, 6.07) is 8.18. The molecule has 1 aromatic carbocycles. The third-order valence-electron chi connectivity index (χ3n) is 3.88. The molecule has 0 radical (unpaired) electrons. The van der Waals surface area contributed by atoms with Crippen molar-refractivity contribution in [1.82, 2.24) is 0 Å². The van der Waals surface area contributed by atoms with E-state index < -0.39 is 11.9 Å². The largest absolute Gasteiger partial charge is 0.481 e. The van der Waals surface area contributed by atoms with Gasteiger partial charge in [-0.3, -0.25) is 4.79 Å². The van der Waals surface area contributed by atoms with E-state index in [1.54, 1.807) is 6.92 Å². The molecule has 1 fully saturated rings. The maximum Gasteiger partial charge on any atom is 0.310 e. The van der Waals surface area contributed by atoms with Gasteiger partial charge in [-0.15, -0.1) is 0 Å². The summed E-state index contributed by atoms with van der Waals surface area (Å²) in [5, 5.41) is 8.95. The Labute approximate surface area is 103 Å². The lowest BCUT2D eigenvalue weighted by Crippen LogP contribution is -2.08. The van der Waals surface area contributed by atoms with Gasteiger partial charge in [-0.05, 0) is 36.8 Å². The minimum absolute atomic E-state index is 0.407. The maximum absolute atomic E-state index is 10.9. The Bertz CT molecular complexity index is 374. The van der Waals surface area contributed by atoms with E-state index in [1.807, 2.05) is 12.1 Å². The van der Waals surface area contributed by atoms with Crippen LogP contribution in [0, 0.1) is 0 Å². The van der Waals surface area contributed by atoms with Crippen LogP contribution >= 0.6 is 0 Å². The van der Waals surface area contributed by atoms with Crippen LogP contribution in [0.2, 0.25) is 0 Å². The summed E-state index contributed by atoms with van der Waals surface area (Å²) in [5.41, 5.74) is 2.28. The van der Waals surface area contributed by atoms with Gasteiger partial charge < -0.3 is 5.11 Å². The standard InChI is InChI=1S/C15H20O2/c1-11(15(16)17)12-7-9-14(10-8-12)13-5-3-2-4-6-13/h7-11,13H,2-6H2,1H3,(H,16,17)/t11-/m0/s1. The Hall–Kier alpha value is -1.31. The summed E-state index contributed by atoms with van der Waals surface area (Å²) in [6.07, 6.45) is 6.60. The lowest BCUT2D eigenvalue weighted by molar-refractivity contribution is -0.138. The lowest BCUT2D eigenvalue weighted by Gasteiger charge is -2.22. The molecule has 1 aliphatic carbocycles. The highest BCUT2D eigenvalue weighted by molar-refractivity contribution is 5.75. The minimum Gasteiger partial charge on any atom is -0.481 e. The van der Waals surface area contributed by atoms with E-state index in [0.717, 1.165) is 5.56 Å². The minimum atomic E-state index is -0.754. The van der Waals surface area contributed by atoms with Crippen LogP contribution in [0.1, 0.15) is 62.0 Å². The molecule has 0 spiro atoms. The van der Waals surface area contributed by atoms with Crippen LogP contribution in [-0.2, 0) is 4.79 Å². The summed E-state index contributed by atoms with van der Waals surface area (Å²) >= 11 is 0. The predicted molar refractivity (Wildman–Crippen MR) is 68.3 cm³/mol. The zero-order valence-corrected chi connectivity index (χ0v) is 10.4. The molecule has 0 amide bonds. The topological polar surface area (TPSA) is 37.3 Å². The first-order valence-electron chi connectivity index (χ1n) is 6.51. The van der Waals surface area contributed by atoms with Gasteiger partial charge in [-0.1, -0.05) is 43.5 Å². The Morgan fingerprint density at radius 2 is 1.76 bits per heavy atom. The number of hydrogen-bond acceptors (Lipinski definition) is 1. The molecule has 0 bridgehead atoms. The lowest BCUT2D eigenvalue weighted by atomic mass is 9.83. The van der Waals surface area contributed by atoms with Crippen molar-refractivity contribution in [3.8, 4) is 0 Å². The number of carbonyl (C=O) groups is 1. The average molecular weight is 232 g/mol. The summed E-state index contributed by atoms with van der Waals surface area (Å²) < 4.78 is 0. The van der Waals surface area contributed by atoms with E-state index in [1.165, 1.54) is 37.7 Å². The second kappa shape index (κ2) is 5.35. The van der Waals surface area contributed by atoms with E-state index in [0.29, 0.717) is 5.92 Å². The Balaban J connectivity index is 2.09. The van der Waals surface area contributed by atoms with Crippen LogP contribution < -0.4 is 0 Å². The van der Waals surface area contributed by atoms with Gasteiger partial charge in [0, 0.05) is 0 Å². The summed E-state index contributed by atoms with van der Waals surface area (Å²) in [5.74, 6) is -0.469. The molecular weight excluding hydrogens is 212 g/mol. The van der Waals surface area contributed by atoms with Crippen molar-refractivity contribution in [3.05, 3.63) is 35.4 Å². The number of benzene rings is 1. The van der Waals surface area contributed by atoms with Gasteiger partial charge in [0.2, 0.25) is 0 Å². The molecule has 0 aliphatic heterocycles. The second-order valence-electron chi connectivity index (χ2n) is 5.06. The van der Waals surface area contributed by atoms with Crippen LogP contribution in [0.3, 0.4) is 0 Å². The average Bonchev–Trinajstić information content (AvgIpc) is 2.39. The highest BCUT2D eigenvalue weighted by Gasteiger charge is 2.17. The van der Waals surface area contributed by atoms with Crippen LogP contribution in [0.4, 0.5) is 0 Å². The molecular formula is C15H20O2. The molecule has 2 heteroatoms. The van der Waals surface area contributed by atoms with Crippen LogP contribution in [0.25, 0.3) is 0 Å². The third-order valence-corrected chi connectivity index (χ3v) is 3.88. The Morgan fingerprint density at radius 3 is 2.29 bits per heavy atom. The molecule has 17 heavy (non-hydrogen) atoms. The quantitative estimate of drug-likeness (QED) is 0.857. The number of carboxylic acids is 1. The maximum atomic E-state index is 10.9. The van der Waals surface area contributed by atoms with Gasteiger partial charge in [-0.2, -0.15) is 0 Å². The summed E-state index contributed by atoms with van der Waals surface area (Å²) in [4.78, 5) is 10.9. The molecule has 0 saturated heterocycles. The second-order valence-corrected chi connectivity index (χ2v) is 5.06. The van der Waals surface area contributed by atoms with Gasteiger partial charge >= 0.3 is 5.97 Å².